The second-order valence-electron chi connectivity index (χ2n) is 10.3. The number of halogens is 1. The number of amides is 2. The van der Waals surface area contributed by atoms with E-state index in [4.69, 9.17) is 0 Å². The van der Waals surface area contributed by atoms with Crippen LogP contribution in [0.1, 0.15) is 77.8 Å². The van der Waals surface area contributed by atoms with Crippen molar-refractivity contribution in [3.05, 3.63) is 94.8 Å². The number of unbranched alkanes of at least 4 members (excludes halogenated alkanes) is 2. The molecule has 1 fully saturated rings. The maximum Gasteiger partial charge on any atom is 0.255 e. The van der Waals surface area contributed by atoms with Gasteiger partial charge in [-0.15, -0.1) is 0 Å². The summed E-state index contributed by atoms with van der Waals surface area (Å²) in [7, 11) is 0. The van der Waals surface area contributed by atoms with Crippen molar-refractivity contribution in [1.82, 2.24) is 5.32 Å². The molecule has 3 aromatic carbocycles. The maximum absolute atomic E-state index is 13.3. The highest BCUT2D eigenvalue weighted by molar-refractivity contribution is 6.06. The van der Waals surface area contributed by atoms with E-state index in [-0.39, 0.29) is 24.2 Å². The zero-order chi connectivity index (χ0) is 26.9. The number of benzene rings is 3. The molecular weight excluding hydrogens is 477 g/mol. The van der Waals surface area contributed by atoms with Gasteiger partial charge >= 0.3 is 0 Å². The Morgan fingerprint density at radius 3 is 2.26 bits per heavy atom. The molecule has 0 spiro atoms. The Balaban J connectivity index is 1.49. The van der Waals surface area contributed by atoms with E-state index >= 15 is 0 Å². The average molecular weight is 516 g/mol. The molecule has 0 bridgehead atoms. The smallest absolute Gasteiger partial charge is 0.255 e. The summed E-state index contributed by atoms with van der Waals surface area (Å²) < 4.78 is 13.3. The van der Waals surface area contributed by atoms with E-state index in [0.717, 1.165) is 50.0 Å². The van der Waals surface area contributed by atoms with Gasteiger partial charge in [-0.05, 0) is 85.2 Å². The van der Waals surface area contributed by atoms with Crippen LogP contribution in [0.2, 0.25) is 0 Å². The Kier molecular flexibility index (Phi) is 9.52. The molecule has 3 aromatic rings. The van der Waals surface area contributed by atoms with Gasteiger partial charge in [-0.3, -0.25) is 9.59 Å². The highest BCUT2D eigenvalue weighted by Gasteiger charge is 2.22. The first-order valence-electron chi connectivity index (χ1n) is 13.7. The molecule has 1 saturated heterocycles. The molecule has 5 nitrogen and oxygen atoms in total. The lowest BCUT2D eigenvalue weighted by Crippen LogP contribution is -2.35. The molecule has 200 valence electrons. The minimum Gasteiger partial charge on any atom is -0.371 e. The minimum atomic E-state index is -0.309. The zero-order valence-electron chi connectivity index (χ0n) is 22.4. The Hall–Kier alpha value is -3.67. The normalized spacial score (nSPS) is 13.8. The first-order chi connectivity index (χ1) is 18.4. The molecule has 0 saturated carbocycles. The largest absolute Gasteiger partial charge is 0.371 e. The lowest BCUT2D eigenvalue weighted by molar-refractivity contribution is 0.0950. The van der Waals surface area contributed by atoms with Crippen LogP contribution in [0.25, 0.3) is 0 Å². The molecule has 2 N–H and O–H groups in total. The molecule has 0 aliphatic carbocycles. The Morgan fingerprint density at radius 2 is 1.58 bits per heavy atom. The van der Waals surface area contributed by atoms with Gasteiger partial charge in [0, 0.05) is 36.6 Å². The number of piperidine rings is 1. The summed E-state index contributed by atoms with van der Waals surface area (Å²) >= 11 is 0. The standard InChI is InChI=1S/C32H38FN3O2/c1-3-4-5-6-24-7-11-26(12-8-24)31(37)35-28-15-16-30(36-19-17-23(2)18-20-36)29(21-28)32(38)34-22-25-9-13-27(33)14-10-25/h7-16,21,23H,3-6,17-20,22H2,1-2H3,(H,34,38)(H,35,37). The molecule has 1 aliphatic heterocycles. The number of rotatable bonds is 10. The van der Waals surface area contributed by atoms with Crippen LogP contribution in [0.15, 0.2) is 66.7 Å². The van der Waals surface area contributed by atoms with Gasteiger partial charge in [0.1, 0.15) is 5.82 Å². The van der Waals surface area contributed by atoms with Gasteiger partial charge in [-0.1, -0.05) is 51.0 Å². The summed E-state index contributed by atoms with van der Waals surface area (Å²) in [6.07, 6.45) is 6.70. The van der Waals surface area contributed by atoms with Gasteiger partial charge in [0.15, 0.2) is 0 Å². The molecule has 6 heteroatoms. The maximum atomic E-state index is 13.3. The summed E-state index contributed by atoms with van der Waals surface area (Å²) in [5, 5.41) is 5.92. The van der Waals surface area contributed by atoms with Crippen molar-refractivity contribution in [3.8, 4) is 0 Å². The first kappa shape index (κ1) is 27.4. The quantitative estimate of drug-likeness (QED) is 0.287. The predicted octanol–water partition coefficient (Wildman–Crippen LogP) is 6.98. The summed E-state index contributed by atoms with van der Waals surface area (Å²) in [5.41, 5.74) is 4.59. The van der Waals surface area contributed by atoms with E-state index < -0.39 is 0 Å². The van der Waals surface area contributed by atoms with Gasteiger partial charge in [-0.25, -0.2) is 4.39 Å². The number of carbonyl (C=O) groups is 2. The Labute approximate surface area is 225 Å². The topological polar surface area (TPSA) is 61.4 Å². The molecule has 38 heavy (non-hydrogen) atoms. The highest BCUT2D eigenvalue weighted by Crippen LogP contribution is 2.29. The van der Waals surface area contributed by atoms with Crippen LogP contribution < -0.4 is 15.5 Å². The number of hydrogen-bond acceptors (Lipinski definition) is 3. The monoisotopic (exact) mass is 515 g/mol. The molecule has 1 aliphatic rings. The second-order valence-corrected chi connectivity index (χ2v) is 10.3. The minimum absolute atomic E-state index is 0.206. The number of nitrogens with one attached hydrogen (secondary N) is 2. The van der Waals surface area contributed by atoms with Crippen LogP contribution in [0, 0.1) is 11.7 Å². The van der Waals surface area contributed by atoms with Crippen molar-refractivity contribution >= 4 is 23.2 Å². The van der Waals surface area contributed by atoms with E-state index in [1.807, 2.05) is 36.4 Å². The van der Waals surface area contributed by atoms with E-state index in [9.17, 15) is 14.0 Å². The average Bonchev–Trinajstić information content (AvgIpc) is 2.93. The second kappa shape index (κ2) is 13.2. The third kappa shape index (κ3) is 7.44. The lowest BCUT2D eigenvalue weighted by Gasteiger charge is -2.33. The highest BCUT2D eigenvalue weighted by atomic mass is 19.1. The van der Waals surface area contributed by atoms with Gasteiger partial charge in [0.25, 0.3) is 11.8 Å². The van der Waals surface area contributed by atoms with Crippen molar-refractivity contribution < 1.29 is 14.0 Å². The molecule has 0 atom stereocenters. The van der Waals surface area contributed by atoms with E-state index in [1.54, 1.807) is 18.2 Å². The fourth-order valence-electron chi connectivity index (χ4n) is 4.81. The van der Waals surface area contributed by atoms with Gasteiger partial charge in [-0.2, -0.15) is 0 Å². The molecule has 2 amide bonds. The van der Waals surface area contributed by atoms with Crippen LogP contribution in [0.4, 0.5) is 15.8 Å². The third-order valence-electron chi connectivity index (χ3n) is 7.27. The van der Waals surface area contributed by atoms with E-state index in [2.05, 4.69) is 29.4 Å². The molecular formula is C32H38FN3O2. The van der Waals surface area contributed by atoms with Crippen LogP contribution in [-0.2, 0) is 13.0 Å². The zero-order valence-corrected chi connectivity index (χ0v) is 22.4. The summed E-state index contributed by atoms with van der Waals surface area (Å²) in [4.78, 5) is 28.6. The SMILES string of the molecule is CCCCCc1ccc(C(=O)Nc2ccc(N3CCC(C)CC3)c(C(=O)NCc3ccc(F)cc3)c2)cc1. The Morgan fingerprint density at radius 1 is 0.895 bits per heavy atom. The number of anilines is 2. The van der Waals surface area contributed by atoms with Crippen LogP contribution in [-0.4, -0.2) is 24.9 Å². The fourth-order valence-corrected chi connectivity index (χ4v) is 4.81. The van der Waals surface area contributed by atoms with E-state index in [1.165, 1.54) is 30.5 Å². The van der Waals surface area contributed by atoms with Crippen molar-refractivity contribution in [2.75, 3.05) is 23.3 Å². The number of aryl methyl sites for hydroxylation is 1. The van der Waals surface area contributed by atoms with Gasteiger partial charge in [0.2, 0.25) is 0 Å². The van der Waals surface area contributed by atoms with Gasteiger partial charge < -0.3 is 15.5 Å². The summed E-state index contributed by atoms with van der Waals surface area (Å²) in [6.45, 7) is 6.50. The molecule has 1 heterocycles. The third-order valence-corrected chi connectivity index (χ3v) is 7.27. The van der Waals surface area contributed by atoms with E-state index in [0.29, 0.717) is 22.7 Å². The van der Waals surface area contributed by atoms with Crippen LogP contribution in [0.5, 0.6) is 0 Å². The van der Waals surface area contributed by atoms with Crippen LogP contribution in [0.3, 0.4) is 0 Å². The Bertz CT molecular complexity index is 1220. The first-order valence-corrected chi connectivity index (χ1v) is 13.7. The summed E-state index contributed by atoms with van der Waals surface area (Å²) in [6, 6.07) is 19.4. The summed E-state index contributed by atoms with van der Waals surface area (Å²) in [5.74, 6) is -0.0762. The predicted molar refractivity (Wildman–Crippen MR) is 152 cm³/mol. The van der Waals surface area contributed by atoms with Gasteiger partial charge in [0.05, 0.1) is 5.56 Å². The molecule has 0 unspecified atom stereocenters. The lowest BCUT2D eigenvalue weighted by atomic mass is 9.97. The number of carbonyl (C=O) groups excluding carboxylic acids is 2. The molecule has 0 radical (unpaired) electrons. The van der Waals surface area contributed by atoms with Crippen LogP contribution >= 0.6 is 0 Å². The number of nitrogens with zero attached hydrogens (tertiary/aromatic N) is 1. The van der Waals surface area contributed by atoms with Crippen molar-refractivity contribution in [2.45, 2.75) is 58.9 Å². The number of hydrogen-bond donors (Lipinski definition) is 2. The van der Waals surface area contributed by atoms with Crippen molar-refractivity contribution in [3.63, 3.8) is 0 Å². The van der Waals surface area contributed by atoms with Crippen molar-refractivity contribution in [2.24, 2.45) is 5.92 Å². The molecule has 0 aromatic heterocycles. The fraction of sp³-hybridized carbons (Fsp3) is 0.375. The molecule has 4 rings (SSSR count). The van der Waals surface area contributed by atoms with Crippen molar-refractivity contribution in [1.29, 1.82) is 0 Å².